The van der Waals surface area contributed by atoms with Gasteiger partial charge in [-0.2, -0.15) is 13.2 Å². The summed E-state index contributed by atoms with van der Waals surface area (Å²) in [6.45, 7) is 0. The maximum Gasteiger partial charge on any atom is 0.445 e. The largest absolute Gasteiger partial charge is 0.445 e. The number of nitrogens with zero attached hydrogens (tertiary/aromatic N) is 2. The molecule has 0 spiro atoms. The van der Waals surface area contributed by atoms with Crippen LogP contribution >= 0.6 is 11.3 Å². The zero-order chi connectivity index (χ0) is 8.48. The van der Waals surface area contributed by atoms with Gasteiger partial charge in [-0.1, -0.05) is 11.3 Å². The molecule has 0 aliphatic heterocycles. The Balaban J connectivity index is 2.89. The zero-order valence-electron chi connectivity index (χ0n) is 5.01. The number of alkyl halides is 3. The van der Waals surface area contributed by atoms with Crippen molar-refractivity contribution in [3.05, 3.63) is 5.01 Å². The number of aromatic nitrogens is 2. The monoisotopic (exact) mass is 184 g/mol. The summed E-state index contributed by atoms with van der Waals surface area (Å²) in [5.74, 6) is 4.80. The molecule has 1 heterocycles. The summed E-state index contributed by atoms with van der Waals surface area (Å²) >= 11 is 0.356. The molecule has 0 fully saturated rings. The number of hydrogen-bond donors (Lipinski definition) is 2. The number of nitrogens with one attached hydrogen (secondary N) is 1. The molecule has 0 radical (unpaired) electrons. The highest BCUT2D eigenvalue weighted by atomic mass is 32.1. The van der Waals surface area contributed by atoms with Gasteiger partial charge in [-0.25, -0.2) is 5.84 Å². The second-order valence-electron chi connectivity index (χ2n) is 1.55. The van der Waals surface area contributed by atoms with Gasteiger partial charge < -0.3 is 0 Å². The zero-order valence-corrected chi connectivity index (χ0v) is 5.83. The molecule has 0 bridgehead atoms. The maximum absolute atomic E-state index is 11.8. The lowest BCUT2D eigenvalue weighted by atomic mass is 10.7. The number of hydrazine groups is 1. The van der Waals surface area contributed by atoms with E-state index in [9.17, 15) is 13.2 Å². The highest BCUT2D eigenvalue weighted by Crippen LogP contribution is 2.32. The van der Waals surface area contributed by atoms with Crippen molar-refractivity contribution in [1.82, 2.24) is 10.2 Å². The number of nitrogen functional groups attached to an aromatic ring is 1. The fourth-order valence-electron chi connectivity index (χ4n) is 0.396. The van der Waals surface area contributed by atoms with Crippen LogP contribution in [0.15, 0.2) is 0 Å². The molecule has 3 N–H and O–H groups in total. The van der Waals surface area contributed by atoms with E-state index in [0.717, 1.165) is 0 Å². The Kier molecular flexibility index (Phi) is 1.96. The van der Waals surface area contributed by atoms with E-state index in [1.54, 1.807) is 0 Å². The van der Waals surface area contributed by atoms with E-state index in [0.29, 0.717) is 11.3 Å². The number of rotatable bonds is 1. The van der Waals surface area contributed by atoms with Crippen LogP contribution in [0.3, 0.4) is 0 Å². The molecule has 1 aromatic rings. The van der Waals surface area contributed by atoms with Gasteiger partial charge in [0.25, 0.3) is 0 Å². The third-order valence-electron chi connectivity index (χ3n) is 0.791. The first kappa shape index (κ1) is 8.21. The summed E-state index contributed by atoms with van der Waals surface area (Å²) in [6.07, 6.45) is -4.44. The van der Waals surface area contributed by atoms with Crippen molar-refractivity contribution < 1.29 is 13.2 Å². The maximum atomic E-state index is 11.8. The van der Waals surface area contributed by atoms with Gasteiger partial charge in [0.15, 0.2) is 0 Å². The van der Waals surface area contributed by atoms with Gasteiger partial charge in [-0.15, -0.1) is 10.2 Å². The quantitative estimate of drug-likeness (QED) is 0.501. The average Bonchev–Trinajstić information content (AvgIpc) is 2.32. The normalized spacial score (nSPS) is 11.6. The van der Waals surface area contributed by atoms with E-state index in [1.165, 1.54) is 0 Å². The number of anilines is 1. The first-order valence-corrected chi connectivity index (χ1v) is 3.23. The van der Waals surface area contributed by atoms with Crippen LogP contribution in [0, 0.1) is 0 Å². The average molecular weight is 184 g/mol. The molecule has 0 saturated heterocycles. The molecule has 11 heavy (non-hydrogen) atoms. The molecule has 0 saturated carbocycles. The van der Waals surface area contributed by atoms with E-state index >= 15 is 0 Å². The lowest BCUT2D eigenvalue weighted by Crippen LogP contribution is -2.05. The topological polar surface area (TPSA) is 63.8 Å². The lowest BCUT2D eigenvalue weighted by Gasteiger charge is -1.97. The second-order valence-corrected chi connectivity index (χ2v) is 2.53. The van der Waals surface area contributed by atoms with Gasteiger partial charge in [-0.05, 0) is 0 Å². The van der Waals surface area contributed by atoms with Crippen LogP contribution in [0.5, 0.6) is 0 Å². The molecule has 0 aliphatic rings. The van der Waals surface area contributed by atoms with Crippen LogP contribution in [0.1, 0.15) is 5.01 Å². The van der Waals surface area contributed by atoms with Crippen molar-refractivity contribution in [2.24, 2.45) is 5.84 Å². The van der Waals surface area contributed by atoms with Crippen LogP contribution in [0.4, 0.5) is 18.3 Å². The van der Waals surface area contributed by atoms with Gasteiger partial charge in [-0.3, -0.25) is 5.43 Å². The van der Waals surface area contributed by atoms with Crippen molar-refractivity contribution in [1.29, 1.82) is 0 Å². The molecule has 0 aromatic carbocycles. The van der Waals surface area contributed by atoms with E-state index in [-0.39, 0.29) is 5.13 Å². The predicted octanol–water partition coefficient (Wildman–Crippen LogP) is 0.843. The first-order valence-electron chi connectivity index (χ1n) is 2.41. The van der Waals surface area contributed by atoms with Crippen molar-refractivity contribution in [2.75, 3.05) is 5.43 Å². The van der Waals surface area contributed by atoms with Crippen LogP contribution in [-0.2, 0) is 6.18 Å². The molecule has 1 aromatic heterocycles. The highest BCUT2D eigenvalue weighted by molar-refractivity contribution is 7.15. The minimum Gasteiger partial charge on any atom is -0.298 e. The Morgan fingerprint density at radius 2 is 2.00 bits per heavy atom. The first-order chi connectivity index (χ1) is 5.04. The fraction of sp³-hybridized carbons (Fsp3) is 0.333. The molecule has 8 heteroatoms. The summed E-state index contributed by atoms with van der Waals surface area (Å²) in [4.78, 5) is 0. The minimum atomic E-state index is -4.44. The predicted molar refractivity (Wildman–Crippen MR) is 32.7 cm³/mol. The van der Waals surface area contributed by atoms with E-state index in [4.69, 9.17) is 5.84 Å². The molecule has 4 nitrogen and oxygen atoms in total. The highest BCUT2D eigenvalue weighted by Gasteiger charge is 2.35. The number of hydrogen-bond acceptors (Lipinski definition) is 5. The third-order valence-corrected chi connectivity index (χ3v) is 1.69. The Bertz CT molecular complexity index is 243. The summed E-state index contributed by atoms with van der Waals surface area (Å²) in [5, 5.41) is 4.91. The Morgan fingerprint density at radius 1 is 1.36 bits per heavy atom. The molecule has 62 valence electrons. The summed E-state index contributed by atoms with van der Waals surface area (Å²) in [7, 11) is 0. The summed E-state index contributed by atoms with van der Waals surface area (Å²) in [5.41, 5.74) is 1.96. The molecule has 1 rings (SSSR count). The fourth-order valence-corrected chi connectivity index (χ4v) is 0.917. The summed E-state index contributed by atoms with van der Waals surface area (Å²) in [6, 6.07) is 0. The van der Waals surface area contributed by atoms with Crippen LogP contribution in [0.2, 0.25) is 0 Å². The molecule has 0 unspecified atom stereocenters. The molecular formula is C3H3F3N4S. The molecule has 0 atom stereocenters. The molecule has 0 aliphatic carbocycles. The van der Waals surface area contributed by atoms with Crippen molar-refractivity contribution in [3.8, 4) is 0 Å². The van der Waals surface area contributed by atoms with Gasteiger partial charge >= 0.3 is 6.18 Å². The molecular weight excluding hydrogens is 181 g/mol. The lowest BCUT2D eigenvalue weighted by molar-refractivity contribution is -0.138. The number of nitrogens with two attached hydrogens (primary N) is 1. The van der Waals surface area contributed by atoms with Gasteiger partial charge in [0.2, 0.25) is 10.1 Å². The SMILES string of the molecule is NNc1nnc(C(F)(F)F)s1. The van der Waals surface area contributed by atoms with Crippen LogP contribution < -0.4 is 11.3 Å². The minimum absolute atomic E-state index is 0.0580. The smallest absolute Gasteiger partial charge is 0.298 e. The van der Waals surface area contributed by atoms with E-state index < -0.39 is 11.2 Å². The van der Waals surface area contributed by atoms with E-state index in [1.807, 2.05) is 5.43 Å². The van der Waals surface area contributed by atoms with Crippen LogP contribution in [0.25, 0.3) is 0 Å². The Hall–Kier alpha value is -0.890. The van der Waals surface area contributed by atoms with Crippen molar-refractivity contribution >= 4 is 16.5 Å². The Morgan fingerprint density at radius 3 is 2.27 bits per heavy atom. The van der Waals surface area contributed by atoms with Gasteiger partial charge in [0, 0.05) is 0 Å². The summed E-state index contributed by atoms with van der Waals surface area (Å²) < 4.78 is 35.3. The standard InChI is InChI=1S/C3H3F3N4S/c4-3(5,6)1-9-10-2(8-7)11-1/h7H2,(H,8,10). The Labute approximate surface area is 63.2 Å². The third kappa shape index (κ3) is 1.77. The van der Waals surface area contributed by atoms with E-state index in [2.05, 4.69) is 10.2 Å². The van der Waals surface area contributed by atoms with Gasteiger partial charge in [0.1, 0.15) is 0 Å². The van der Waals surface area contributed by atoms with Crippen LogP contribution in [-0.4, -0.2) is 10.2 Å². The number of halogens is 3. The molecule has 0 amide bonds. The van der Waals surface area contributed by atoms with Crippen molar-refractivity contribution in [3.63, 3.8) is 0 Å². The second kappa shape index (κ2) is 2.62. The van der Waals surface area contributed by atoms with Gasteiger partial charge in [0.05, 0.1) is 0 Å². The van der Waals surface area contributed by atoms with Crippen molar-refractivity contribution in [2.45, 2.75) is 6.18 Å².